The number of aromatic nitrogens is 1. The number of hydrogen-bond donors (Lipinski definition) is 1. The molecule has 0 aliphatic heterocycles. The number of ether oxygens (including phenoxy) is 1. The van der Waals surface area contributed by atoms with Crippen molar-refractivity contribution in [1.82, 2.24) is 4.98 Å². The first-order valence-electron chi connectivity index (χ1n) is 5.30. The fourth-order valence-corrected chi connectivity index (χ4v) is 2.00. The van der Waals surface area contributed by atoms with Crippen molar-refractivity contribution in [2.75, 3.05) is 0 Å². The summed E-state index contributed by atoms with van der Waals surface area (Å²) in [4.78, 5) is 15.0. The first kappa shape index (κ1) is 13.5. The van der Waals surface area contributed by atoms with Crippen LogP contribution in [0.2, 0.25) is 0 Å². The summed E-state index contributed by atoms with van der Waals surface area (Å²) in [6.45, 7) is 1.85. The summed E-state index contributed by atoms with van der Waals surface area (Å²) in [5, 5.41) is 9.01. The predicted molar refractivity (Wildman–Crippen MR) is 70.1 cm³/mol. The van der Waals surface area contributed by atoms with E-state index in [9.17, 15) is 9.18 Å². The number of benzene rings is 1. The van der Waals surface area contributed by atoms with Gasteiger partial charge in [-0.15, -0.1) is 0 Å². The quantitative estimate of drug-likeness (QED) is 0.932. The van der Waals surface area contributed by atoms with Crippen molar-refractivity contribution in [3.63, 3.8) is 0 Å². The molecule has 0 saturated carbocycles. The molecule has 1 aromatic carbocycles. The minimum atomic E-state index is -1.20. The van der Waals surface area contributed by atoms with Crippen molar-refractivity contribution < 1.29 is 19.0 Å². The Balaban J connectivity index is 2.42. The van der Waals surface area contributed by atoms with Crippen LogP contribution < -0.4 is 4.74 Å². The largest absolute Gasteiger partial charge is 0.478 e. The van der Waals surface area contributed by atoms with Crippen LogP contribution in [-0.4, -0.2) is 16.1 Å². The Bertz CT molecular complexity index is 646. The van der Waals surface area contributed by atoms with Crippen LogP contribution in [-0.2, 0) is 0 Å². The highest BCUT2D eigenvalue weighted by molar-refractivity contribution is 9.10. The fourth-order valence-electron chi connectivity index (χ4n) is 1.46. The highest BCUT2D eigenvalue weighted by atomic mass is 79.9. The van der Waals surface area contributed by atoms with E-state index in [0.717, 1.165) is 23.8 Å². The first-order chi connectivity index (χ1) is 8.97. The van der Waals surface area contributed by atoms with Crippen LogP contribution in [0.15, 0.2) is 34.9 Å². The van der Waals surface area contributed by atoms with Crippen molar-refractivity contribution >= 4 is 21.9 Å². The molecule has 2 aromatic rings. The Kier molecular flexibility index (Phi) is 3.80. The van der Waals surface area contributed by atoms with Crippen LogP contribution in [0.25, 0.3) is 0 Å². The van der Waals surface area contributed by atoms with Crippen LogP contribution in [0.5, 0.6) is 11.6 Å². The first-order valence-corrected chi connectivity index (χ1v) is 6.09. The van der Waals surface area contributed by atoms with Crippen LogP contribution in [0.4, 0.5) is 4.39 Å². The average Bonchev–Trinajstić information content (AvgIpc) is 2.32. The van der Waals surface area contributed by atoms with Gasteiger partial charge in [0.15, 0.2) is 0 Å². The smallest absolute Gasteiger partial charge is 0.339 e. The van der Waals surface area contributed by atoms with Gasteiger partial charge in [-0.05, 0) is 46.6 Å². The molecule has 0 atom stereocenters. The minimum Gasteiger partial charge on any atom is -0.478 e. The van der Waals surface area contributed by atoms with Gasteiger partial charge in [0.1, 0.15) is 17.1 Å². The van der Waals surface area contributed by atoms with E-state index < -0.39 is 11.8 Å². The molecule has 0 amide bonds. The lowest BCUT2D eigenvalue weighted by Crippen LogP contribution is -2.01. The molecule has 0 radical (unpaired) electrons. The van der Waals surface area contributed by atoms with Crippen molar-refractivity contribution in [1.29, 1.82) is 0 Å². The number of halogens is 2. The third-order valence-electron chi connectivity index (χ3n) is 2.32. The normalized spacial score (nSPS) is 10.3. The SMILES string of the molecule is Cc1cnc(Oc2cc(F)ccc2C(=O)O)c(Br)c1. The second-order valence-electron chi connectivity index (χ2n) is 3.85. The number of carbonyl (C=O) groups is 1. The highest BCUT2D eigenvalue weighted by Gasteiger charge is 2.15. The summed E-state index contributed by atoms with van der Waals surface area (Å²) < 4.78 is 19.1. The molecule has 6 heteroatoms. The van der Waals surface area contributed by atoms with Crippen LogP contribution >= 0.6 is 15.9 Å². The van der Waals surface area contributed by atoms with Crippen molar-refractivity contribution in [2.45, 2.75) is 6.92 Å². The molecule has 0 fully saturated rings. The zero-order valence-corrected chi connectivity index (χ0v) is 11.4. The molecule has 0 aliphatic carbocycles. The van der Waals surface area contributed by atoms with Gasteiger partial charge in [-0.1, -0.05) is 0 Å². The fraction of sp³-hybridized carbons (Fsp3) is 0.0769. The van der Waals surface area contributed by atoms with E-state index in [2.05, 4.69) is 20.9 Å². The molecule has 0 unspecified atom stereocenters. The molecule has 98 valence electrons. The second-order valence-corrected chi connectivity index (χ2v) is 4.70. The van der Waals surface area contributed by atoms with Crippen LogP contribution in [0.3, 0.4) is 0 Å². The van der Waals surface area contributed by atoms with E-state index in [4.69, 9.17) is 9.84 Å². The monoisotopic (exact) mass is 325 g/mol. The summed E-state index contributed by atoms with van der Waals surface area (Å²) in [5.41, 5.74) is 0.785. The van der Waals surface area contributed by atoms with E-state index in [-0.39, 0.29) is 17.2 Å². The van der Waals surface area contributed by atoms with Gasteiger partial charge in [0.05, 0.1) is 4.47 Å². The van der Waals surface area contributed by atoms with Crippen molar-refractivity contribution in [3.8, 4) is 11.6 Å². The van der Waals surface area contributed by atoms with Crippen LogP contribution in [0.1, 0.15) is 15.9 Å². The van der Waals surface area contributed by atoms with Gasteiger partial charge >= 0.3 is 5.97 Å². The summed E-state index contributed by atoms with van der Waals surface area (Å²) in [7, 11) is 0. The predicted octanol–water partition coefficient (Wildman–Crippen LogP) is 3.78. The molecule has 0 aliphatic rings. The maximum Gasteiger partial charge on any atom is 0.339 e. The van der Waals surface area contributed by atoms with Gasteiger partial charge < -0.3 is 9.84 Å². The van der Waals surface area contributed by atoms with Crippen molar-refractivity contribution in [2.24, 2.45) is 0 Å². The molecule has 19 heavy (non-hydrogen) atoms. The molecule has 0 saturated heterocycles. The number of aryl methyl sites for hydroxylation is 1. The zero-order valence-electron chi connectivity index (χ0n) is 9.85. The van der Waals surface area contributed by atoms with Gasteiger partial charge in [0.25, 0.3) is 0 Å². The Hall–Kier alpha value is -1.95. The number of hydrogen-bond acceptors (Lipinski definition) is 3. The molecular formula is C13H9BrFNO3. The number of aromatic carboxylic acids is 1. The summed E-state index contributed by atoms with van der Waals surface area (Å²) in [6.07, 6.45) is 1.57. The molecule has 1 N–H and O–H groups in total. The highest BCUT2D eigenvalue weighted by Crippen LogP contribution is 2.30. The molecule has 2 rings (SSSR count). The number of carboxylic acid groups (broad SMARTS) is 1. The zero-order chi connectivity index (χ0) is 14.0. The van der Waals surface area contributed by atoms with Crippen molar-refractivity contribution in [3.05, 3.63) is 51.9 Å². The topological polar surface area (TPSA) is 59.4 Å². The Labute approximate surface area is 117 Å². The maximum absolute atomic E-state index is 13.2. The molecule has 4 nitrogen and oxygen atoms in total. The van der Waals surface area contributed by atoms with E-state index in [1.165, 1.54) is 0 Å². The third-order valence-corrected chi connectivity index (χ3v) is 2.89. The number of carboxylic acids is 1. The van der Waals surface area contributed by atoms with E-state index in [0.29, 0.717) is 4.47 Å². The molecule has 1 heterocycles. The minimum absolute atomic E-state index is 0.0930. The molecule has 1 aromatic heterocycles. The van der Waals surface area contributed by atoms with E-state index >= 15 is 0 Å². The van der Waals surface area contributed by atoms with Gasteiger partial charge in [-0.2, -0.15) is 0 Å². The van der Waals surface area contributed by atoms with E-state index in [1.807, 2.05) is 6.92 Å². The lowest BCUT2D eigenvalue weighted by atomic mass is 10.2. The summed E-state index contributed by atoms with van der Waals surface area (Å²) in [5.74, 6) is -1.69. The number of rotatable bonds is 3. The summed E-state index contributed by atoms with van der Waals surface area (Å²) >= 11 is 3.26. The maximum atomic E-state index is 13.2. The molecule has 0 bridgehead atoms. The van der Waals surface area contributed by atoms with Gasteiger partial charge in [-0.25, -0.2) is 14.2 Å². The standard InChI is InChI=1S/C13H9BrFNO3/c1-7-4-10(14)12(16-6-7)19-11-5-8(15)2-3-9(11)13(17)18/h2-6H,1H3,(H,17,18). The lowest BCUT2D eigenvalue weighted by Gasteiger charge is -2.09. The Morgan fingerprint density at radius 1 is 1.42 bits per heavy atom. The van der Waals surface area contributed by atoms with Gasteiger partial charge in [0.2, 0.25) is 5.88 Å². The van der Waals surface area contributed by atoms with Gasteiger partial charge in [-0.3, -0.25) is 0 Å². The molecule has 0 spiro atoms. The lowest BCUT2D eigenvalue weighted by molar-refractivity contribution is 0.0694. The third kappa shape index (κ3) is 3.08. The molecular weight excluding hydrogens is 317 g/mol. The van der Waals surface area contributed by atoms with Gasteiger partial charge in [0, 0.05) is 12.3 Å². The van der Waals surface area contributed by atoms with E-state index in [1.54, 1.807) is 12.3 Å². The number of nitrogens with zero attached hydrogens (tertiary/aromatic N) is 1. The number of pyridine rings is 1. The Morgan fingerprint density at radius 2 is 2.16 bits per heavy atom. The Morgan fingerprint density at radius 3 is 2.79 bits per heavy atom. The second kappa shape index (κ2) is 5.36. The summed E-state index contributed by atoms with van der Waals surface area (Å²) in [6, 6.07) is 4.99. The van der Waals surface area contributed by atoms with Crippen LogP contribution in [0, 0.1) is 12.7 Å². The average molecular weight is 326 g/mol.